The van der Waals surface area contributed by atoms with E-state index in [2.05, 4.69) is 15.5 Å². The van der Waals surface area contributed by atoms with E-state index in [4.69, 9.17) is 11.6 Å². The number of anilines is 2. The third-order valence-electron chi connectivity index (χ3n) is 4.14. The highest BCUT2D eigenvalue weighted by Gasteiger charge is 2.18. The molecule has 3 rings (SSSR count). The lowest BCUT2D eigenvalue weighted by Gasteiger charge is -2.22. The molecule has 3 aromatic rings. The number of carbonyl (C=O) groups excluding carboxylic acids is 1. The van der Waals surface area contributed by atoms with Crippen LogP contribution in [-0.2, 0) is 20.6 Å². The van der Waals surface area contributed by atoms with Gasteiger partial charge in [0.15, 0.2) is 4.34 Å². The molecule has 164 valence electrons. The van der Waals surface area contributed by atoms with Gasteiger partial charge in [0.1, 0.15) is 0 Å². The lowest BCUT2D eigenvalue weighted by Crippen LogP contribution is -2.31. The van der Waals surface area contributed by atoms with Crippen LogP contribution in [0.3, 0.4) is 0 Å². The summed E-state index contributed by atoms with van der Waals surface area (Å²) in [7, 11) is -3.48. The van der Waals surface area contributed by atoms with Crippen LogP contribution in [0.25, 0.3) is 0 Å². The number of amides is 1. The first-order valence-corrected chi connectivity index (χ1v) is 13.4. The molecule has 0 bridgehead atoms. The number of carbonyl (C=O) groups is 1. The Morgan fingerprint density at radius 3 is 2.52 bits per heavy atom. The van der Waals surface area contributed by atoms with E-state index in [0.29, 0.717) is 22.3 Å². The lowest BCUT2D eigenvalue weighted by molar-refractivity contribution is -0.116. The lowest BCUT2D eigenvalue weighted by atomic mass is 10.2. The summed E-state index contributed by atoms with van der Waals surface area (Å²) in [6, 6.07) is 16.6. The van der Waals surface area contributed by atoms with E-state index >= 15 is 0 Å². The van der Waals surface area contributed by atoms with Crippen LogP contribution in [-0.4, -0.2) is 37.3 Å². The topological polar surface area (TPSA) is 92.3 Å². The van der Waals surface area contributed by atoms with Gasteiger partial charge in [-0.15, -0.1) is 10.2 Å². The number of benzene rings is 2. The van der Waals surface area contributed by atoms with Gasteiger partial charge in [0.05, 0.1) is 11.9 Å². The molecule has 0 spiro atoms. The Labute approximate surface area is 194 Å². The van der Waals surface area contributed by atoms with Crippen LogP contribution in [0.1, 0.15) is 18.4 Å². The number of nitrogens with zero attached hydrogens (tertiary/aromatic N) is 3. The highest BCUT2D eigenvalue weighted by Crippen LogP contribution is 2.28. The molecule has 1 aromatic heterocycles. The van der Waals surface area contributed by atoms with Crippen LogP contribution in [0.4, 0.5) is 10.8 Å². The zero-order chi connectivity index (χ0) is 22.3. The first-order valence-electron chi connectivity index (χ1n) is 9.34. The van der Waals surface area contributed by atoms with Gasteiger partial charge in [-0.25, -0.2) is 8.42 Å². The molecule has 0 radical (unpaired) electrons. The van der Waals surface area contributed by atoms with Gasteiger partial charge in [-0.1, -0.05) is 65.0 Å². The Hall–Kier alpha value is -2.14. The van der Waals surface area contributed by atoms with Crippen molar-refractivity contribution >= 4 is 61.4 Å². The predicted molar refractivity (Wildman–Crippen MR) is 127 cm³/mol. The average Bonchev–Trinajstić information content (AvgIpc) is 3.18. The van der Waals surface area contributed by atoms with Crippen LogP contribution in [0.2, 0.25) is 5.02 Å². The zero-order valence-corrected chi connectivity index (χ0v) is 19.9. The fourth-order valence-corrected chi connectivity index (χ4v) is 5.51. The monoisotopic (exact) mass is 496 g/mol. The molecule has 0 aliphatic heterocycles. The Bertz CT molecular complexity index is 1110. The van der Waals surface area contributed by atoms with Gasteiger partial charge in [0.2, 0.25) is 21.1 Å². The summed E-state index contributed by atoms with van der Waals surface area (Å²) in [5.74, 6) is 0.537. The van der Waals surface area contributed by atoms with Gasteiger partial charge in [-0.3, -0.25) is 9.10 Å². The van der Waals surface area contributed by atoms with E-state index in [9.17, 15) is 13.2 Å². The summed E-state index contributed by atoms with van der Waals surface area (Å²) in [5, 5.41) is 11.8. The Kier molecular flexibility index (Phi) is 8.30. The van der Waals surface area contributed by atoms with E-state index in [-0.39, 0.29) is 18.9 Å². The van der Waals surface area contributed by atoms with E-state index < -0.39 is 10.0 Å². The standard InChI is InChI=1S/C20H21ClN4O3S3/c1-31(27,28)25(17-11-9-16(21)10-12-17)13-5-8-18(26)22-19-23-24-20(30-19)29-14-15-6-3-2-4-7-15/h2-4,6-7,9-12H,5,8,13-14H2,1H3,(H,22,23,26). The molecule has 0 unspecified atom stereocenters. The Balaban J connectivity index is 1.48. The summed E-state index contributed by atoms with van der Waals surface area (Å²) in [6.07, 6.45) is 1.65. The second kappa shape index (κ2) is 10.9. The van der Waals surface area contributed by atoms with Gasteiger partial charge < -0.3 is 5.32 Å². The molecule has 31 heavy (non-hydrogen) atoms. The minimum atomic E-state index is -3.48. The maximum Gasteiger partial charge on any atom is 0.232 e. The highest BCUT2D eigenvalue weighted by molar-refractivity contribution is 8.00. The van der Waals surface area contributed by atoms with Crippen molar-refractivity contribution in [1.82, 2.24) is 10.2 Å². The van der Waals surface area contributed by atoms with Gasteiger partial charge >= 0.3 is 0 Å². The summed E-state index contributed by atoms with van der Waals surface area (Å²) >= 11 is 8.74. The number of nitrogens with one attached hydrogen (secondary N) is 1. The largest absolute Gasteiger partial charge is 0.301 e. The predicted octanol–water partition coefficient (Wildman–Crippen LogP) is 4.67. The molecular weight excluding hydrogens is 476 g/mol. The number of aromatic nitrogens is 2. The van der Waals surface area contributed by atoms with E-state index in [1.807, 2.05) is 30.3 Å². The molecule has 2 aromatic carbocycles. The normalized spacial score (nSPS) is 11.3. The van der Waals surface area contributed by atoms with E-state index in [1.54, 1.807) is 36.0 Å². The maximum atomic E-state index is 12.2. The van der Waals surface area contributed by atoms with Crippen LogP contribution >= 0.6 is 34.7 Å². The molecule has 11 heteroatoms. The molecule has 1 N–H and O–H groups in total. The van der Waals surface area contributed by atoms with Crippen LogP contribution in [0.15, 0.2) is 58.9 Å². The first-order chi connectivity index (χ1) is 14.8. The number of hydrogen-bond donors (Lipinski definition) is 1. The van der Waals surface area contributed by atoms with Crippen molar-refractivity contribution in [2.24, 2.45) is 0 Å². The highest BCUT2D eigenvalue weighted by atomic mass is 35.5. The van der Waals surface area contributed by atoms with Crippen molar-refractivity contribution < 1.29 is 13.2 Å². The summed E-state index contributed by atoms with van der Waals surface area (Å²) in [6.45, 7) is 0.183. The zero-order valence-electron chi connectivity index (χ0n) is 16.7. The van der Waals surface area contributed by atoms with Crippen molar-refractivity contribution in [3.8, 4) is 0 Å². The number of sulfonamides is 1. The fourth-order valence-electron chi connectivity index (χ4n) is 2.70. The molecule has 0 fully saturated rings. The third kappa shape index (κ3) is 7.49. The molecule has 0 saturated heterocycles. The van der Waals surface area contributed by atoms with Crippen molar-refractivity contribution in [3.05, 3.63) is 65.2 Å². The molecule has 1 amide bonds. The number of rotatable bonds is 10. The molecule has 7 nitrogen and oxygen atoms in total. The summed E-state index contributed by atoms with van der Waals surface area (Å²) < 4.78 is 26.3. The SMILES string of the molecule is CS(=O)(=O)N(CCCC(=O)Nc1nnc(SCc2ccccc2)s1)c1ccc(Cl)cc1. The second-order valence-corrected chi connectivity index (χ2v) is 11.2. The first kappa shape index (κ1) is 23.5. The van der Waals surface area contributed by atoms with Crippen molar-refractivity contribution in [2.75, 3.05) is 22.4 Å². The van der Waals surface area contributed by atoms with Gasteiger partial charge in [0, 0.05) is 23.7 Å². The molecule has 0 aliphatic carbocycles. The van der Waals surface area contributed by atoms with Gasteiger partial charge in [-0.2, -0.15) is 0 Å². The number of thioether (sulfide) groups is 1. The minimum Gasteiger partial charge on any atom is -0.301 e. The van der Waals surface area contributed by atoms with Crippen LogP contribution < -0.4 is 9.62 Å². The molecule has 0 saturated carbocycles. The van der Waals surface area contributed by atoms with Crippen LogP contribution in [0.5, 0.6) is 0 Å². The van der Waals surface area contributed by atoms with Gasteiger partial charge in [-0.05, 0) is 36.2 Å². The summed E-state index contributed by atoms with van der Waals surface area (Å²) in [4.78, 5) is 12.2. The number of hydrogen-bond acceptors (Lipinski definition) is 7. The molecule has 0 aliphatic rings. The third-order valence-corrected chi connectivity index (χ3v) is 7.63. The smallest absolute Gasteiger partial charge is 0.232 e. The number of halogens is 1. The molecule has 1 heterocycles. The maximum absolute atomic E-state index is 12.2. The fraction of sp³-hybridized carbons (Fsp3) is 0.250. The second-order valence-electron chi connectivity index (χ2n) is 6.61. The van der Waals surface area contributed by atoms with Crippen molar-refractivity contribution in [3.63, 3.8) is 0 Å². The van der Waals surface area contributed by atoms with Gasteiger partial charge in [0.25, 0.3) is 0 Å². The van der Waals surface area contributed by atoms with E-state index in [0.717, 1.165) is 16.3 Å². The molecule has 0 atom stereocenters. The van der Waals surface area contributed by atoms with E-state index in [1.165, 1.54) is 21.2 Å². The summed E-state index contributed by atoms with van der Waals surface area (Å²) in [5.41, 5.74) is 1.70. The van der Waals surface area contributed by atoms with Crippen molar-refractivity contribution in [1.29, 1.82) is 0 Å². The average molecular weight is 497 g/mol. The Morgan fingerprint density at radius 2 is 1.84 bits per heavy atom. The van der Waals surface area contributed by atoms with Crippen molar-refractivity contribution in [2.45, 2.75) is 22.9 Å². The van der Waals surface area contributed by atoms with Crippen LogP contribution in [0, 0.1) is 0 Å². The molecular formula is C20H21ClN4O3S3. The quantitative estimate of drug-likeness (QED) is 0.324. The minimum absolute atomic E-state index is 0.158. The Morgan fingerprint density at radius 1 is 1.13 bits per heavy atom.